The predicted molar refractivity (Wildman–Crippen MR) is 84.7 cm³/mol. The first-order valence-electron chi connectivity index (χ1n) is 7.95. The Hall–Kier alpha value is -0.120. The van der Waals surface area contributed by atoms with Crippen LogP contribution in [-0.2, 0) is 0 Å². The van der Waals surface area contributed by atoms with E-state index in [1.54, 1.807) is 0 Å². The summed E-state index contributed by atoms with van der Waals surface area (Å²) in [7, 11) is 4.56. The summed E-state index contributed by atoms with van der Waals surface area (Å²) in [6, 6.07) is 1.27. The number of likely N-dealkylation sites (N-methyl/N-ethyl adjacent to an activating group) is 3. The SMILES string of the molecule is CCNC(CCC(C)(C)C)C1CN(C)CCCN1C. The topological polar surface area (TPSA) is 18.5 Å². The van der Waals surface area contributed by atoms with Crippen LogP contribution in [0.4, 0.5) is 0 Å². The molecule has 1 fully saturated rings. The molecule has 2 unspecified atom stereocenters. The number of nitrogens with one attached hydrogen (secondary N) is 1. The maximum absolute atomic E-state index is 3.74. The fraction of sp³-hybridized carbons (Fsp3) is 1.00. The Bertz CT molecular complexity index is 247. The van der Waals surface area contributed by atoms with Crippen molar-refractivity contribution in [1.29, 1.82) is 0 Å². The second-order valence-electron chi connectivity index (χ2n) is 7.43. The van der Waals surface area contributed by atoms with Crippen molar-refractivity contribution in [2.45, 2.75) is 59.0 Å². The van der Waals surface area contributed by atoms with Crippen molar-refractivity contribution in [3.05, 3.63) is 0 Å². The van der Waals surface area contributed by atoms with E-state index in [9.17, 15) is 0 Å². The van der Waals surface area contributed by atoms with Crippen LogP contribution in [0.3, 0.4) is 0 Å². The molecule has 1 rings (SSSR count). The predicted octanol–water partition coefficient (Wildman–Crippen LogP) is 2.43. The van der Waals surface area contributed by atoms with Gasteiger partial charge in [0.2, 0.25) is 0 Å². The summed E-state index contributed by atoms with van der Waals surface area (Å²) in [6.07, 6.45) is 3.86. The minimum atomic E-state index is 0.433. The molecule has 0 radical (unpaired) electrons. The lowest BCUT2D eigenvalue weighted by Crippen LogP contribution is -2.52. The second-order valence-corrected chi connectivity index (χ2v) is 7.43. The highest BCUT2D eigenvalue weighted by atomic mass is 15.2. The Morgan fingerprint density at radius 2 is 1.89 bits per heavy atom. The van der Waals surface area contributed by atoms with E-state index in [0.717, 1.165) is 6.54 Å². The third-order valence-corrected chi connectivity index (χ3v) is 4.25. The zero-order valence-corrected chi connectivity index (χ0v) is 14.0. The molecule has 0 aromatic rings. The van der Waals surface area contributed by atoms with Gasteiger partial charge < -0.3 is 15.1 Å². The van der Waals surface area contributed by atoms with Gasteiger partial charge in [-0.3, -0.25) is 0 Å². The van der Waals surface area contributed by atoms with Crippen LogP contribution in [0.2, 0.25) is 0 Å². The molecule has 0 saturated carbocycles. The molecule has 1 aliphatic heterocycles. The lowest BCUT2D eigenvalue weighted by atomic mass is 9.87. The number of hydrogen-bond acceptors (Lipinski definition) is 3. The van der Waals surface area contributed by atoms with Crippen LogP contribution in [0.15, 0.2) is 0 Å². The Morgan fingerprint density at radius 1 is 1.21 bits per heavy atom. The summed E-state index contributed by atoms with van der Waals surface area (Å²) in [5.41, 5.74) is 0.433. The molecule has 0 aromatic heterocycles. The third-order valence-electron chi connectivity index (χ3n) is 4.25. The lowest BCUT2D eigenvalue weighted by Gasteiger charge is -2.36. The van der Waals surface area contributed by atoms with Crippen LogP contribution in [0.25, 0.3) is 0 Å². The van der Waals surface area contributed by atoms with Crippen LogP contribution < -0.4 is 5.32 Å². The third kappa shape index (κ3) is 6.24. The number of nitrogens with zero attached hydrogens (tertiary/aromatic N) is 2. The maximum atomic E-state index is 3.74. The van der Waals surface area contributed by atoms with E-state index < -0.39 is 0 Å². The summed E-state index contributed by atoms with van der Waals surface area (Å²) in [6.45, 7) is 14.0. The van der Waals surface area contributed by atoms with E-state index in [2.05, 4.69) is 56.9 Å². The molecule has 0 bridgehead atoms. The zero-order valence-electron chi connectivity index (χ0n) is 14.0. The molecule has 1 heterocycles. The van der Waals surface area contributed by atoms with Gasteiger partial charge in [-0.1, -0.05) is 27.7 Å². The lowest BCUT2D eigenvalue weighted by molar-refractivity contribution is 0.163. The largest absolute Gasteiger partial charge is 0.313 e. The van der Waals surface area contributed by atoms with Gasteiger partial charge in [-0.2, -0.15) is 0 Å². The van der Waals surface area contributed by atoms with Gasteiger partial charge >= 0.3 is 0 Å². The first kappa shape index (κ1) is 16.9. The van der Waals surface area contributed by atoms with Crippen molar-refractivity contribution < 1.29 is 0 Å². The highest BCUT2D eigenvalue weighted by Gasteiger charge is 2.28. The van der Waals surface area contributed by atoms with Gasteiger partial charge in [-0.05, 0) is 58.4 Å². The van der Waals surface area contributed by atoms with Gasteiger partial charge in [-0.15, -0.1) is 0 Å². The Morgan fingerprint density at radius 3 is 2.47 bits per heavy atom. The van der Waals surface area contributed by atoms with Crippen LogP contribution >= 0.6 is 0 Å². The summed E-state index contributed by atoms with van der Waals surface area (Å²) in [4.78, 5) is 5.06. The zero-order chi connectivity index (χ0) is 14.5. The van der Waals surface area contributed by atoms with Crippen molar-refractivity contribution in [2.75, 3.05) is 40.3 Å². The molecule has 0 amide bonds. The van der Waals surface area contributed by atoms with Gasteiger partial charge in [0, 0.05) is 18.6 Å². The van der Waals surface area contributed by atoms with Crippen LogP contribution in [-0.4, -0.2) is 62.2 Å². The van der Waals surface area contributed by atoms with E-state index in [-0.39, 0.29) is 0 Å². The van der Waals surface area contributed by atoms with E-state index in [1.807, 2.05) is 0 Å². The van der Waals surface area contributed by atoms with Gasteiger partial charge in [0.1, 0.15) is 0 Å². The van der Waals surface area contributed by atoms with Gasteiger partial charge in [0.25, 0.3) is 0 Å². The Labute approximate surface area is 120 Å². The Kier molecular flexibility index (Phi) is 6.78. The van der Waals surface area contributed by atoms with Gasteiger partial charge in [0.15, 0.2) is 0 Å². The molecule has 2 atom stereocenters. The molecule has 1 saturated heterocycles. The van der Waals surface area contributed by atoms with Crippen molar-refractivity contribution in [2.24, 2.45) is 5.41 Å². The minimum Gasteiger partial charge on any atom is -0.313 e. The van der Waals surface area contributed by atoms with Crippen molar-refractivity contribution in [3.8, 4) is 0 Å². The molecular weight excluding hydrogens is 234 g/mol. The second kappa shape index (κ2) is 7.61. The highest BCUT2D eigenvalue weighted by Crippen LogP contribution is 2.24. The van der Waals surface area contributed by atoms with E-state index in [4.69, 9.17) is 0 Å². The van der Waals surface area contributed by atoms with Crippen LogP contribution in [0.5, 0.6) is 0 Å². The fourth-order valence-corrected chi connectivity index (χ4v) is 3.02. The average Bonchev–Trinajstić information content (AvgIpc) is 2.45. The maximum Gasteiger partial charge on any atom is 0.0373 e. The van der Waals surface area contributed by atoms with Gasteiger partial charge in [0.05, 0.1) is 0 Å². The van der Waals surface area contributed by atoms with Crippen LogP contribution in [0, 0.1) is 5.41 Å². The first-order valence-corrected chi connectivity index (χ1v) is 7.95. The normalized spacial score (nSPS) is 25.3. The summed E-state index contributed by atoms with van der Waals surface area (Å²) in [5.74, 6) is 0. The molecule has 1 aliphatic rings. The first-order chi connectivity index (χ1) is 8.83. The Balaban J connectivity index is 2.65. The molecule has 3 heteroatoms. The standard InChI is InChI=1S/C16H35N3/c1-7-17-14(9-10-16(2,3)4)15-13-18(5)11-8-12-19(15)6/h14-15,17H,7-13H2,1-6H3. The smallest absolute Gasteiger partial charge is 0.0373 e. The summed E-state index contributed by atoms with van der Waals surface area (Å²) in [5, 5.41) is 3.74. The minimum absolute atomic E-state index is 0.433. The van der Waals surface area contributed by atoms with Crippen molar-refractivity contribution in [1.82, 2.24) is 15.1 Å². The quantitative estimate of drug-likeness (QED) is 0.827. The average molecular weight is 269 g/mol. The highest BCUT2D eigenvalue weighted by molar-refractivity contribution is 4.88. The van der Waals surface area contributed by atoms with Crippen molar-refractivity contribution >= 4 is 0 Å². The fourth-order valence-electron chi connectivity index (χ4n) is 3.02. The molecule has 1 N–H and O–H groups in total. The van der Waals surface area contributed by atoms with E-state index >= 15 is 0 Å². The molecule has 19 heavy (non-hydrogen) atoms. The molecule has 0 spiro atoms. The van der Waals surface area contributed by atoms with E-state index in [1.165, 1.54) is 38.9 Å². The van der Waals surface area contributed by atoms with Crippen LogP contribution in [0.1, 0.15) is 47.0 Å². The molecule has 3 nitrogen and oxygen atoms in total. The molecule has 0 aromatic carbocycles. The molecular formula is C16H35N3. The molecule has 114 valence electrons. The monoisotopic (exact) mass is 269 g/mol. The van der Waals surface area contributed by atoms with Crippen molar-refractivity contribution in [3.63, 3.8) is 0 Å². The summed E-state index contributed by atoms with van der Waals surface area (Å²) >= 11 is 0. The molecule has 0 aliphatic carbocycles. The number of hydrogen-bond donors (Lipinski definition) is 1. The van der Waals surface area contributed by atoms with E-state index in [0.29, 0.717) is 17.5 Å². The summed E-state index contributed by atoms with van der Waals surface area (Å²) < 4.78 is 0. The van der Waals surface area contributed by atoms with Gasteiger partial charge in [-0.25, -0.2) is 0 Å². The number of rotatable bonds is 5.